The molecule has 0 amide bonds. The Morgan fingerprint density at radius 1 is 1.43 bits per heavy atom. The van der Waals surface area contributed by atoms with E-state index < -0.39 is 11.7 Å². The molecule has 5 heteroatoms. The number of hydrogen-bond acceptors (Lipinski definition) is 3. The first-order chi connectivity index (χ1) is 9.67. The van der Waals surface area contributed by atoms with Crippen LogP contribution in [0.3, 0.4) is 0 Å². The zero-order valence-electron chi connectivity index (χ0n) is 12.8. The molecule has 1 heterocycles. The summed E-state index contributed by atoms with van der Waals surface area (Å²) in [5, 5.41) is 1.57. The van der Waals surface area contributed by atoms with Crippen LogP contribution in [-0.2, 0) is 11.2 Å². The number of fused-ring (bicyclic) bond motifs is 1. The predicted octanol–water partition coefficient (Wildman–Crippen LogP) is 3.97. The van der Waals surface area contributed by atoms with Gasteiger partial charge in [0.2, 0.25) is 0 Å². The van der Waals surface area contributed by atoms with Crippen LogP contribution in [0.15, 0.2) is 24.4 Å². The van der Waals surface area contributed by atoms with Crippen molar-refractivity contribution in [1.82, 2.24) is 4.57 Å². The van der Waals surface area contributed by atoms with Crippen molar-refractivity contribution in [3.05, 3.63) is 35.0 Å². The molecule has 21 heavy (non-hydrogen) atoms. The molecule has 2 N–H and O–H groups in total. The number of benzene rings is 1. The second kappa shape index (κ2) is 5.70. The summed E-state index contributed by atoms with van der Waals surface area (Å²) in [4.78, 5) is 12.3. The molecule has 0 saturated carbocycles. The van der Waals surface area contributed by atoms with Gasteiger partial charge >= 0.3 is 6.09 Å². The van der Waals surface area contributed by atoms with E-state index in [0.29, 0.717) is 11.4 Å². The first kappa shape index (κ1) is 15.9. The molecular weight excluding hydrogens is 288 g/mol. The van der Waals surface area contributed by atoms with E-state index in [4.69, 9.17) is 22.1 Å². The topological polar surface area (TPSA) is 57.2 Å². The maximum Gasteiger partial charge on any atom is 0.419 e. The number of nitrogens with two attached hydrogens (primary N) is 1. The lowest BCUT2D eigenvalue weighted by Crippen LogP contribution is -2.26. The minimum Gasteiger partial charge on any atom is -0.443 e. The minimum absolute atomic E-state index is 0.00154. The second-order valence-corrected chi connectivity index (χ2v) is 6.78. The molecule has 0 aliphatic carbocycles. The first-order valence-electron chi connectivity index (χ1n) is 6.96. The summed E-state index contributed by atoms with van der Waals surface area (Å²) in [5.41, 5.74) is 7.12. The third-order valence-electron chi connectivity index (χ3n) is 2.98. The number of nitrogens with zero attached hydrogens (tertiary/aromatic N) is 1. The summed E-state index contributed by atoms with van der Waals surface area (Å²) in [6, 6.07) is 5.45. The Morgan fingerprint density at radius 2 is 2.10 bits per heavy atom. The smallest absolute Gasteiger partial charge is 0.419 e. The number of carbonyl (C=O) groups is 1. The SMILES string of the molecule is C[C@H](N)Cc1cn(C(=O)OC(C)(C)C)c2ccc(Cl)cc12. The molecule has 0 aliphatic rings. The van der Waals surface area contributed by atoms with Gasteiger partial charge in [0.1, 0.15) is 5.60 Å². The monoisotopic (exact) mass is 308 g/mol. The van der Waals surface area contributed by atoms with Crippen LogP contribution in [0.4, 0.5) is 4.79 Å². The van der Waals surface area contributed by atoms with E-state index in [1.165, 1.54) is 4.57 Å². The zero-order valence-corrected chi connectivity index (χ0v) is 13.6. The average molecular weight is 309 g/mol. The van der Waals surface area contributed by atoms with Gasteiger partial charge in [0.05, 0.1) is 5.52 Å². The van der Waals surface area contributed by atoms with Crippen LogP contribution in [-0.4, -0.2) is 22.3 Å². The van der Waals surface area contributed by atoms with Crippen LogP contribution in [0.2, 0.25) is 5.02 Å². The maximum atomic E-state index is 12.3. The summed E-state index contributed by atoms with van der Waals surface area (Å²) in [6.45, 7) is 7.46. The van der Waals surface area contributed by atoms with Crippen molar-refractivity contribution in [3.8, 4) is 0 Å². The van der Waals surface area contributed by atoms with Gasteiger partial charge in [-0.05, 0) is 57.9 Å². The fourth-order valence-electron chi connectivity index (χ4n) is 2.24. The van der Waals surface area contributed by atoms with Gasteiger partial charge < -0.3 is 10.5 Å². The van der Waals surface area contributed by atoms with Crippen LogP contribution in [0, 0.1) is 0 Å². The van der Waals surface area contributed by atoms with Gasteiger partial charge in [-0.2, -0.15) is 0 Å². The van der Waals surface area contributed by atoms with E-state index in [9.17, 15) is 4.79 Å². The van der Waals surface area contributed by atoms with Crippen molar-refractivity contribution in [3.63, 3.8) is 0 Å². The fraction of sp³-hybridized carbons (Fsp3) is 0.438. The zero-order chi connectivity index (χ0) is 15.8. The van der Waals surface area contributed by atoms with Crippen molar-refractivity contribution < 1.29 is 9.53 Å². The quantitative estimate of drug-likeness (QED) is 0.913. The molecule has 4 nitrogen and oxygen atoms in total. The second-order valence-electron chi connectivity index (χ2n) is 6.35. The Hall–Kier alpha value is -1.52. The molecular formula is C16H21ClN2O2. The van der Waals surface area contributed by atoms with Crippen LogP contribution in [0.25, 0.3) is 10.9 Å². The summed E-state index contributed by atoms with van der Waals surface area (Å²) >= 11 is 6.07. The largest absolute Gasteiger partial charge is 0.443 e. The molecule has 0 unspecified atom stereocenters. The van der Waals surface area contributed by atoms with Crippen LogP contribution >= 0.6 is 11.6 Å². The highest BCUT2D eigenvalue weighted by atomic mass is 35.5. The van der Waals surface area contributed by atoms with Crippen molar-refractivity contribution in [2.75, 3.05) is 0 Å². The van der Waals surface area contributed by atoms with E-state index in [1.807, 2.05) is 39.8 Å². The van der Waals surface area contributed by atoms with Crippen LogP contribution in [0.1, 0.15) is 33.3 Å². The molecule has 0 radical (unpaired) electrons. The van der Waals surface area contributed by atoms with E-state index in [0.717, 1.165) is 16.5 Å². The Bertz CT molecular complexity index is 669. The molecule has 1 atom stereocenters. The average Bonchev–Trinajstić information content (AvgIpc) is 2.65. The van der Waals surface area contributed by atoms with Crippen LogP contribution in [0.5, 0.6) is 0 Å². The van der Waals surface area contributed by atoms with Crippen molar-refractivity contribution >= 4 is 28.6 Å². The van der Waals surface area contributed by atoms with E-state index in [2.05, 4.69) is 0 Å². The van der Waals surface area contributed by atoms with Crippen molar-refractivity contribution in [2.45, 2.75) is 45.8 Å². The lowest BCUT2D eigenvalue weighted by atomic mass is 10.1. The Kier molecular flexibility index (Phi) is 4.30. The summed E-state index contributed by atoms with van der Waals surface area (Å²) in [5.74, 6) is 0. The number of aromatic nitrogens is 1. The standard InChI is InChI=1S/C16H21ClN2O2/c1-10(18)7-11-9-19(15(20)21-16(2,3)4)14-6-5-12(17)8-13(11)14/h5-6,8-10H,7,18H2,1-4H3/t10-/m0/s1. The Labute approximate surface area is 129 Å². The Morgan fingerprint density at radius 3 is 2.67 bits per heavy atom. The molecule has 1 aromatic carbocycles. The van der Waals surface area contributed by atoms with Crippen molar-refractivity contribution in [2.24, 2.45) is 5.73 Å². The summed E-state index contributed by atoms with van der Waals surface area (Å²) < 4.78 is 6.96. The third-order valence-corrected chi connectivity index (χ3v) is 3.22. The number of ether oxygens (including phenoxy) is 1. The molecule has 0 fully saturated rings. The lowest BCUT2D eigenvalue weighted by molar-refractivity contribution is 0.0544. The van der Waals surface area contributed by atoms with E-state index in [-0.39, 0.29) is 6.04 Å². The third kappa shape index (κ3) is 3.77. The van der Waals surface area contributed by atoms with Gasteiger partial charge in [0.15, 0.2) is 0 Å². The number of rotatable bonds is 2. The van der Waals surface area contributed by atoms with Gasteiger partial charge in [-0.25, -0.2) is 4.79 Å². The molecule has 0 saturated heterocycles. The Balaban J connectivity index is 2.51. The van der Waals surface area contributed by atoms with Gasteiger partial charge in [-0.15, -0.1) is 0 Å². The molecule has 0 spiro atoms. The van der Waals surface area contributed by atoms with Crippen molar-refractivity contribution in [1.29, 1.82) is 0 Å². The highest BCUT2D eigenvalue weighted by molar-refractivity contribution is 6.31. The van der Waals surface area contributed by atoms with E-state index >= 15 is 0 Å². The predicted molar refractivity (Wildman–Crippen MR) is 85.9 cm³/mol. The fourth-order valence-corrected chi connectivity index (χ4v) is 2.41. The first-order valence-corrected chi connectivity index (χ1v) is 7.33. The maximum absolute atomic E-state index is 12.3. The lowest BCUT2D eigenvalue weighted by Gasteiger charge is -2.19. The highest BCUT2D eigenvalue weighted by Gasteiger charge is 2.21. The summed E-state index contributed by atoms with van der Waals surface area (Å²) in [6.07, 6.45) is 2.07. The van der Waals surface area contributed by atoms with Gasteiger partial charge in [0, 0.05) is 22.6 Å². The summed E-state index contributed by atoms with van der Waals surface area (Å²) in [7, 11) is 0. The molecule has 114 valence electrons. The normalized spacial score (nSPS) is 13.4. The van der Waals surface area contributed by atoms with Crippen LogP contribution < -0.4 is 5.73 Å². The van der Waals surface area contributed by atoms with Gasteiger partial charge in [0.25, 0.3) is 0 Å². The van der Waals surface area contributed by atoms with Gasteiger partial charge in [-0.3, -0.25) is 4.57 Å². The molecule has 0 bridgehead atoms. The molecule has 0 aliphatic heterocycles. The molecule has 2 aromatic rings. The number of hydrogen-bond donors (Lipinski definition) is 1. The molecule has 2 rings (SSSR count). The minimum atomic E-state index is -0.540. The molecule has 1 aromatic heterocycles. The van der Waals surface area contributed by atoms with Gasteiger partial charge in [-0.1, -0.05) is 11.6 Å². The van der Waals surface area contributed by atoms with E-state index in [1.54, 1.807) is 12.3 Å². The number of halogens is 1. The highest BCUT2D eigenvalue weighted by Crippen LogP contribution is 2.26. The number of carbonyl (C=O) groups excluding carboxylic acids is 1.